The Morgan fingerprint density at radius 3 is 2.27 bits per heavy atom. The Bertz CT molecular complexity index is 853. The first-order valence-electron chi connectivity index (χ1n) is 8.15. The van der Waals surface area contributed by atoms with Crippen molar-refractivity contribution in [2.45, 2.75) is 5.75 Å². The van der Waals surface area contributed by atoms with E-state index in [1.807, 2.05) is 72.8 Å². The average Bonchev–Trinajstić information content (AvgIpc) is 2.66. The monoisotopic (exact) mass is 427 g/mol. The van der Waals surface area contributed by atoms with E-state index in [1.54, 1.807) is 11.8 Å². The van der Waals surface area contributed by atoms with Crippen LogP contribution in [-0.4, -0.2) is 11.7 Å². The molecule has 26 heavy (non-hydrogen) atoms. The van der Waals surface area contributed by atoms with E-state index in [-0.39, 0.29) is 5.91 Å². The molecule has 0 aliphatic rings. The standard InChI is InChI=1S/C21H18BrNO2S/c22-20-9-5-4-6-16(20)14-26-15-21(24)23-17-10-12-19(13-11-17)25-18-7-2-1-3-8-18/h1-13H,14-15H2,(H,23,24). The van der Waals surface area contributed by atoms with Gasteiger partial charge in [-0.1, -0.05) is 52.3 Å². The maximum Gasteiger partial charge on any atom is 0.234 e. The zero-order valence-electron chi connectivity index (χ0n) is 14.0. The molecule has 0 aromatic heterocycles. The number of carbonyl (C=O) groups is 1. The summed E-state index contributed by atoms with van der Waals surface area (Å²) >= 11 is 5.11. The molecule has 3 rings (SSSR count). The molecule has 0 spiro atoms. The number of rotatable bonds is 7. The molecule has 132 valence electrons. The van der Waals surface area contributed by atoms with Crippen LogP contribution >= 0.6 is 27.7 Å². The number of thioether (sulfide) groups is 1. The summed E-state index contributed by atoms with van der Waals surface area (Å²) in [5.74, 6) is 2.70. The van der Waals surface area contributed by atoms with Crippen LogP contribution in [0.1, 0.15) is 5.56 Å². The van der Waals surface area contributed by atoms with Gasteiger partial charge in [-0.25, -0.2) is 0 Å². The van der Waals surface area contributed by atoms with E-state index in [4.69, 9.17) is 4.74 Å². The second-order valence-electron chi connectivity index (χ2n) is 5.57. The second-order valence-corrected chi connectivity index (χ2v) is 7.41. The SMILES string of the molecule is O=C(CSCc1ccccc1Br)Nc1ccc(Oc2ccccc2)cc1. The molecule has 0 heterocycles. The Morgan fingerprint density at radius 2 is 1.54 bits per heavy atom. The normalized spacial score (nSPS) is 10.3. The van der Waals surface area contributed by atoms with Crippen molar-refractivity contribution in [1.29, 1.82) is 0 Å². The topological polar surface area (TPSA) is 38.3 Å². The van der Waals surface area contributed by atoms with Crippen LogP contribution in [0.2, 0.25) is 0 Å². The quantitative estimate of drug-likeness (QED) is 0.493. The van der Waals surface area contributed by atoms with Crippen LogP contribution in [0.25, 0.3) is 0 Å². The summed E-state index contributed by atoms with van der Waals surface area (Å²) in [7, 11) is 0. The first-order valence-corrected chi connectivity index (χ1v) is 10.1. The lowest BCUT2D eigenvalue weighted by molar-refractivity contribution is -0.113. The molecule has 0 radical (unpaired) electrons. The van der Waals surface area contributed by atoms with E-state index in [0.29, 0.717) is 5.75 Å². The molecule has 0 saturated carbocycles. The van der Waals surface area contributed by atoms with E-state index in [1.165, 1.54) is 5.56 Å². The van der Waals surface area contributed by atoms with Gasteiger partial charge in [-0.2, -0.15) is 0 Å². The van der Waals surface area contributed by atoms with Crippen LogP contribution < -0.4 is 10.1 Å². The van der Waals surface area contributed by atoms with Crippen molar-refractivity contribution in [3.05, 3.63) is 88.9 Å². The van der Waals surface area contributed by atoms with Gasteiger partial charge in [0.25, 0.3) is 0 Å². The first-order chi connectivity index (χ1) is 12.7. The summed E-state index contributed by atoms with van der Waals surface area (Å²) in [5.41, 5.74) is 1.95. The fraction of sp³-hybridized carbons (Fsp3) is 0.0952. The van der Waals surface area contributed by atoms with E-state index in [2.05, 4.69) is 27.3 Å². The highest BCUT2D eigenvalue weighted by atomic mass is 79.9. The molecule has 3 nitrogen and oxygen atoms in total. The minimum absolute atomic E-state index is 0.0150. The summed E-state index contributed by atoms with van der Waals surface area (Å²) < 4.78 is 6.81. The maximum absolute atomic E-state index is 12.1. The molecule has 1 N–H and O–H groups in total. The fourth-order valence-corrected chi connectivity index (χ4v) is 3.74. The van der Waals surface area contributed by atoms with Crippen molar-refractivity contribution in [1.82, 2.24) is 0 Å². The molecule has 3 aromatic rings. The zero-order chi connectivity index (χ0) is 18.2. The van der Waals surface area contributed by atoms with Gasteiger partial charge in [-0.3, -0.25) is 4.79 Å². The van der Waals surface area contributed by atoms with E-state index in [9.17, 15) is 4.79 Å². The predicted octanol–water partition coefficient (Wildman–Crippen LogP) is 6.11. The van der Waals surface area contributed by atoms with Crippen molar-refractivity contribution < 1.29 is 9.53 Å². The van der Waals surface area contributed by atoms with Gasteiger partial charge in [0.15, 0.2) is 0 Å². The molecular formula is C21H18BrNO2S. The van der Waals surface area contributed by atoms with Crippen LogP contribution in [0.15, 0.2) is 83.3 Å². The van der Waals surface area contributed by atoms with Crippen LogP contribution in [0, 0.1) is 0 Å². The Labute approximate surface area is 165 Å². The van der Waals surface area contributed by atoms with Crippen LogP contribution in [-0.2, 0) is 10.5 Å². The smallest absolute Gasteiger partial charge is 0.234 e. The lowest BCUT2D eigenvalue weighted by Crippen LogP contribution is -2.14. The highest BCUT2D eigenvalue weighted by molar-refractivity contribution is 9.10. The van der Waals surface area contributed by atoms with Gasteiger partial charge in [0.2, 0.25) is 5.91 Å². The second kappa shape index (κ2) is 9.46. The van der Waals surface area contributed by atoms with Gasteiger partial charge in [0.05, 0.1) is 5.75 Å². The number of carbonyl (C=O) groups excluding carboxylic acids is 1. The highest BCUT2D eigenvalue weighted by Gasteiger charge is 2.05. The van der Waals surface area contributed by atoms with Crippen LogP contribution in [0.3, 0.4) is 0 Å². The number of hydrogen-bond donors (Lipinski definition) is 1. The number of hydrogen-bond acceptors (Lipinski definition) is 3. The molecule has 0 saturated heterocycles. The summed E-state index contributed by atoms with van der Waals surface area (Å²) in [4.78, 5) is 12.1. The Kier molecular flexibility index (Phi) is 6.75. The Hall–Kier alpha value is -2.24. The zero-order valence-corrected chi connectivity index (χ0v) is 16.4. The minimum Gasteiger partial charge on any atom is -0.457 e. The molecule has 0 unspecified atom stereocenters. The number of para-hydroxylation sites is 1. The molecule has 0 aliphatic heterocycles. The molecular weight excluding hydrogens is 410 g/mol. The van der Waals surface area contributed by atoms with Gasteiger partial charge in [-0.05, 0) is 48.0 Å². The van der Waals surface area contributed by atoms with Gasteiger partial charge < -0.3 is 10.1 Å². The van der Waals surface area contributed by atoms with Gasteiger partial charge in [-0.15, -0.1) is 11.8 Å². The minimum atomic E-state index is -0.0150. The summed E-state index contributed by atoms with van der Waals surface area (Å²) in [6.45, 7) is 0. The molecule has 0 aliphatic carbocycles. The highest BCUT2D eigenvalue weighted by Crippen LogP contribution is 2.23. The van der Waals surface area contributed by atoms with Crippen LogP contribution in [0.5, 0.6) is 11.5 Å². The number of ether oxygens (including phenoxy) is 1. The van der Waals surface area contributed by atoms with Crippen molar-refractivity contribution in [2.75, 3.05) is 11.1 Å². The van der Waals surface area contributed by atoms with E-state index in [0.717, 1.165) is 27.4 Å². The van der Waals surface area contributed by atoms with Crippen molar-refractivity contribution in [3.63, 3.8) is 0 Å². The number of nitrogens with one attached hydrogen (secondary N) is 1. The predicted molar refractivity (Wildman–Crippen MR) is 112 cm³/mol. The molecule has 0 atom stereocenters. The number of anilines is 1. The van der Waals surface area contributed by atoms with E-state index >= 15 is 0 Å². The average molecular weight is 428 g/mol. The number of halogens is 1. The number of amides is 1. The lowest BCUT2D eigenvalue weighted by atomic mass is 10.2. The van der Waals surface area contributed by atoms with E-state index < -0.39 is 0 Å². The molecule has 3 aromatic carbocycles. The lowest BCUT2D eigenvalue weighted by Gasteiger charge is -2.08. The Balaban J connectivity index is 1.46. The van der Waals surface area contributed by atoms with Gasteiger partial charge in [0, 0.05) is 15.9 Å². The molecule has 1 amide bonds. The molecule has 0 bridgehead atoms. The molecule has 0 fully saturated rings. The summed E-state index contributed by atoms with van der Waals surface area (Å²) in [5, 5.41) is 2.91. The van der Waals surface area contributed by atoms with Crippen molar-refractivity contribution >= 4 is 39.3 Å². The summed E-state index contributed by atoms with van der Waals surface area (Å²) in [6, 6.07) is 25.0. The van der Waals surface area contributed by atoms with Gasteiger partial charge >= 0.3 is 0 Å². The third kappa shape index (κ3) is 5.64. The molecule has 5 heteroatoms. The third-order valence-corrected chi connectivity index (χ3v) is 5.32. The van der Waals surface area contributed by atoms with Gasteiger partial charge in [0.1, 0.15) is 11.5 Å². The van der Waals surface area contributed by atoms with Crippen molar-refractivity contribution in [3.8, 4) is 11.5 Å². The van der Waals surface area contributed by atoms with Crippen LogP contribution in [0.4, 0.5) is 5.69 Å². The Morgan fingerprint density at radius 1 is 0.885 bits per heavy atom. The maximum atomic E-state index is 12.1. The largest absolute Gasteiger partial charge is 0.457 e. The number of benzene rings is 3. The van der Waals surface area contributed by atoms with Crippen molar-refractivity contribution in [2.24, 2.45) is 0 Å². The third-order valence-electron chi connectivity index (χ3n) is 3.57. The summed E-state index contributed by atoms with van der Waals surface area (Å²) in [6.07, 6.45) is 0. The first kappa shape index (κ1) is 18.5. The fourth-order valence-electron chi connectivity index (χ4n) is 2.30.